The van der Waals surface area contributed by atoms with Crippen LogP contribution in [-0.2, 0) is 13.6 Å². The van der Waals surface area contributed by atoms with Crippen LogP contribution < -0.4 is 14.8 Å². The van der Waals surface area contributed by atoms with Crippen molar-refractivity contribution in [3.63, 3.8) is 0 Å². The largest absolute Gasteiger partial charge is 0.494 e. The molecule has 6 rings (SSSR count). The molecular weight excluding hydrogens is 637 g/mol. The number of hydrogen-bond acceptors (Lipinski definition) is 6. The minimum atomic E-state index is -0.333. The monoisotopic (exact) mass is 671 g/mol. The Morgan fingerprint density at radius 1 is 0.872 bits per heavy atom. The Morgan fingerprint density at radius 3 is 2.34 bits per heavy atom. The van der Waals surface area contributed by atoms with Gasteiger partial charge in [-0.3, -0.25) is 14.5 Å². The average Bonchev–Trinajstić information content (AvgIpc) is 3.41. The molecule has 1 N–H and O–H groups in total. The van der Waals surface area contributed by atoms with Crippen molar-refractivity contribution in [1.29, 1.82) is 0 Å². The van der Waals surface area contributed by atoms with Crippen LogP contribution in [0.1, 0.15) is 39.8 Å². The van der Waals surface area contributed by atoms with Gasteiger partial charge in [-0.25, -0.2) is 4.98 Å². The summed E-state index contributed by atoms with van der Waals surface area (Å²) in [5.74, 6) is 1.53. The Kier molecular flexibility index (Phi) is 9.96. The van der Waals surface area contributed by atoms with E-state index in [1.54, 1.807) is 24.3 Å². The summed E-state index contributed by atoms with van der Waals surface area (Å²) in [5.41, 5.74) is 3.68. The molecule has 0 unspecified atom stereocenters. The summed E-state index contributed by atoms with van der Waals surface area (Å²) in [6.07, 6.45) is 2.50. The Bertz CT molecular complexity index is 1880. The third-order valence-corrected chi connectivity index (χ3v) is 8.83. The van der Waals surface area contributed by atoms with E-state index in [1.807, 2.05) is 52.9 Å². The molecule has 2 aromatic heterocycles. The number of piperazine rings is 1. The number of rotatable bonds is 10. The van der Waals surface area contributed by atoms with Gasteiger partial charge < -0.3 is 24.3 Å². The molecule has 5 aromatic rings. The van der Waals surface area contributed by atoms with Gasteiger partial charge >= 0.3 is 0 Å². The van der Waals surface area contributed by atoms with Gasteiger partial charge in [-0.2, -0.15) is 0 Å². The second kappa shape index (κ2) is 14.5. The fourth-order valence-corrected chi connectivity index (χ4v) is 5.81. The molecule has 2 amide bonds. The molecule has 1 fully saturated rings. The minimum Gasteiger partial charge on any atom is -0.494 e. The molecule has 242 valence electrons. The van der Waals surface area contributed by atoms with Crippen molar-refractivity contribution in [2.24, 2.45) is 7.05 Å². The molecule has 3 heterocycles. The summed E-state index contributed by atoms with van der Waals surface area (Å²) in [6, 6.07) is 23.9. The van der Waals surface area contributed by atoms with Crippen molar-refractivity contribution in [1.82, 2.24) is 19.4 Å². The van der Waals surface area contributed by atoms with Gasteiger partial charge in [-0.05, 0) is 72.6 Å². The van der Waals surface area contributed by atoms with Crippen LogP contribution in [0.25, 0.3) is 10.9 Å². The van der Waals surface area contributed by atoms with Gasteiger partial charge in [0, 0.05) is 62.3 Å². The standard InChI is InChI=1S/C36H35Cl2N5O4/c1-3-18-46-28-8-4-24(5-9-28)23-42-14-16-43(17-15-42)36(45)33-21-26-19-29(10-12-32(26)41(33)2)47-34-13-7-27(22-39-34)40-35(44)25-6-11-30(37)31(38)20-25/h4-13,19-22H,3,14-18,23H2,1-2H3,(H,40,44). The van der Waals surface area contributed by atoms with Crippen LogP contribution in [-0.4, -0.2) is 64.0 Å². The number of pyridine rings is 1. The van der Waals surface area contributed by atoms with E-state index in [4.69, 9.17) is 32.7 Å². The van der Waals surface area contributed by atoms with Crippen LogP contribution in [0.3, 0.4) is 0 Å². The summed E-state index contributed by atoms with van der Waals surface area (Å²) < 4.78 is 13.6. The normalized spacial score (nSPS) is 13.5. The average molecular weight is 673 g/mol. The van der Waals surface area contributed by atoms with Crippen molar-refractivity contribution in [3.8, 4) is 17.4 Å². The molecule has 3 aromatic carbocycles. The highest BCUT2D eigenvalue weighted by Crippen LogP contribution is 2.28. The molecule has 11 heteroatoms. The number of aryl methyl sites for hydroxylation is 1. The van der Waals surface area contributed by atoms with E-state index < -0.39 is 0 Å². The van der Waals surface area contributed by atoms with Gasteiger partial charge in [-0.15, -0.1) is 0 Å². The van der Waals surface area contributed by atoms with Crippen LogP contribution in [0.15, 0.2) is 85.1 Å². The molecule has 0 saturated carbocycles. The number of hydrogen-bond donors (Lipinski definition) is 1. The number of fused-ring (bicyclic) bond motifs is 1. The van der Waals surface area contributed by atoms with Gasteiger partial charge in [0.25, 0.3) is 11.8 Å². The summed E-state index contributed by atoms with van der Waals surface area (Å²) in [6.45, 7) is 6.63. The molecule has 9 nitrogen and oxygen atoms in total. The maximum absolute atomic E-state index is 13.6. The first-order chi connectivity index (χ1) is 22.8. The lowest BCUT2D eigenvalue weighted by Gasteiger charge is -2.34. The number of halogens is 2. The third-order valence-electron chi connectivity index (χ3n) is 8.09. The molecule has 47 heavy (non-hydrogen) atoms. The van der Waals surface area contributed by atoms with Gasteiger partial charge in [0.05, 0.1) is 28.5 Å². The minimum absolute atomic E-state index is 0.0171. The predicted octanol–water partition coefficient (Wildman–Crippen LogP) is 7.67. The second-order valence-corrected chi connectivity index (χ2v) is 12.3. The molecule has 0 atom stereocenters. The lowest BCUT2D eigenvalue weighted by Crippen LogP contribution is -2.48. The van der Waals surface area contributed by atoms with Crippen molar-refractivity contribution in [2.45, 2.75) is 19.9 Å². The predicted molar refractivity (Wildman–Crippen MR) is 185 cm³/mol. The van der Waals surface area contributed by atoms with Gasteiger partial charge in [0.15, 0.2) is 0 Å². The fourth-order valence-electron chi connectivity index (χ4n) is 5.51. The highest BCUT2D eigenvalue weighted by Gasteiger charge is 2.25. The van der Waals surface area contributed by atoms with E-state index in [0.717, 1.165) is 49.3 Å². The zero-order valence-corrected chi connectivity index (χ0v) is 27.7. The van der Waals surface area contributed by atoms with Crippen molar-refractivity contribution in [2.75, 3.05) is 38.1 Å². The first kappa shape index (κ1) is 32.4. The molecule has 1 saturated heterocycles. The van der Waals surface area contributed by atoms with Gasteiger partial charge in [-0.1, -0.05) is 42.3 Å². The summed E-state index contributed by atoms with van der Waals surface area (Å²) >= 11 is 12.0. The quantitative estimate of drug-likeness (QED) is 0.164. The number of nitrogens with one attached hydrogen (secondary N) is 1. The lowest BCUT2D eigenvalue weighted by molar-refractivity contribution is 0.0619. The number of nitrogens with zero attached hydrogens (tertiary/aromatic N) is 4. The smallest absolute Gasteiger partial charge is 0.270 e. The maximum Gasteiger partial charge on any atom is 0.270 e. The highest BCUT2D eigenvalue weighted by molar-refractivity contribution is 6.42. The number of aromatic nitrogens is 2. The topological polar surface area (TPSA) is 88.9 Å². The number of benzene rings is 3. The van der Waals surface area contributed by atoms with Crippen LogP contribution in [0, 0.1) is 0 Å². The number of anilines is 1. The second-order valence-electron chi connectivity index (χ2n) is 11.4. The number of amides is 2. The van der Waals surface area contributed by atoms with Crippen LogP contribution in [0.2, 0.25) is 10.0 Å². The zero-order valence-electron chi connectivity index (χ0n) is 26.2. The first-order valence-electron chi connectivity index (χ1n) is 15.5. The van der Waals surface area contributed by atoms with Crippen molar-refractivity contribution >= 4 is 51.6 Å². The van der Waals surface area contributed by atoms with Crippen LogP contribution >= 0.6 is 23.2 Å². The summed E-state index contributed by atoms with van der Waals surface area (Å²) in [4.78, 5) is 34.8. The SMILES string of the molecule is CCCOc1ccc(CN2CCN(C(=O)c3cc4cc(Oc5ccc(NC(=O)c6ccc(Cl)c(Cl)c6)cn5)ccc4n3C)CC2)cc1. The number of carbonyl (C=O) groups excluding carboxylic acids is 2. The Balaban J connectivity index is 1.04. The summed E-state index contributed by atoms with van der Waals surface area (Å²) in [5, 5.41) is 4.36. The van der Waals surface area contributed by atoms with E-state index in [1.165, 1.54) is 17.8 Å². The van der Waals surface area contributed by atoms with Crippen LogP contribution in [0.4, 0.5) is 5.69 Å². The number of ether oxygens (including phenoxy) is 2. The molecule has 1 aliphatic heterocycles. The molecule has 1 aliphatic rings. The molecule has 0 radical (unpaired) electrons. The molecule has 0 bridgehead atoms. The van der Waals surface area contributed by atoms with E-state index in [9.17, 15) is 9.59 Å². The number of carbonyl (C=O) groups is 2. The lowest BCUT2D eigenvalue weighted by atomic mass is 10.2. The van der Waals surface area contributed by atoms with Gasteiger partial charge in [0.2, 0.25) is 5.88 Å². The zero-order chi connectivity index (χ0) is 32.9. The van der Waals surface area contributed by atoms with E-state index in [-0.39, 0.29) is 11.8 Å². The van der Waals surface area contributed by atoms with Crippen molar-refractivity contribution < 1.29 is 19.1 Å². The first-order valence-corrected chi connectivity index (χ1v) is 16.3. The third kappa shape index (κ3) is 7.71. The van der Waals surface area contributed by atoms with Gasteiger partial charge in [0.1, 0.15) is 17.2 Å². The van der Waals surface area contributed by atoms with E-state index >= 15 is 0 Å². The van der Waals surface area contributed by atoms with Crippen LogP contribution in [0.5, 0.6) is 17.4 Å². The Hall–Kier alpha value is -4.57. The summed E-state index contributed by atoms with van der Waals surface area (Å²) in [7, 11) is 1.91. The molecule has 0 spiro atoms. The Labute approximate surface area is 283 Å². The van der Waals surface area contributed by atoms with Crippen molar-refractivity contribution in [3.05, 3.63) is 112 Å². The van der Waals surface area contributed by atoms with E-state index in [2.05, 4.69) is 34.3 Å². The molecule has 0 aliphatic carbocycles. The highest BCUT2D eigenvalue weighted by atomic mass is 35.5. The molecular formula is C36H35Cl2N5O4. The fraction of sp³-hybridized carbons (Fsp3) is 0.250. The van der Waals surface area contributed by atoms with E-state index in [0.29, 0.717) is 51.7 Å². The Morgan fingerprint density at radius 2 is 1.64 bits per heavy atom. The maximum atomic E-state index is 13.6.